The van der Waals surface area contributed by atoms with Crippen molar-refractivity contribution in [1.82, 2.24) is 9.55 Å². The Morgan fingerprint density at radius 2 is 1.93 bits per heavy atom. The molecule has 27 heavy (non-hydrogen) atoms. The lowest BCUT2D eigenvalue weighted by Gasteiger charge is -2.14. The molecule has 0 saturated carbocycles. The fourth-order valence-electron chi connectivity index (χ4n) is 2.50. The van der Waals surface area contributed by atoms with E-state index in [1.165, 1.54) is 10.6 Å². The minimum atomic E-state index is -1.04. The lowest BCUT2D eigenvalue weighted by molar-refractivity contribution is -0.115. The first-order valence-corrected chi connectivity index (χ1v) is 9.04. The molecule has 0 fully saturated rings. The number of hydrogen-bond acceptors (Lipinski definition) is 4. The van der Waals surface area contributed by atoms with E-state index in [0.29, 0.717) is 16.1 Å². The average molecular weight is 389 g/mol. The first-order chi connectivity index (χ1) is 12.8. The predicted molar refractivity (Wildman–Crippen MR) is 102 cm³/mol. The van der Waals surface area contributed by atoms with E-state index in [-0.39, 0.29) is 11.2 Å². The van der Waals surface area contributed by atoms with E-state index < -0.39 is 22.8 Å². The number of carbonyl (C=O) groups is 1. The molecule has 1 aromatic heterocycles. The third-order valence-corrected chi connectivity index (χ3v) is 5.17. The molecule has 5 nitrogen and oxygen atoms in total. The minimum absolute atomic E-state index is 0.155. The van der Waals surface area contributed by atoms with E-state index in [9.17, 15) is 18.4 Å². The molecular weight excluding hydrogens is 372 g/mol. The van der Waals surface area contributed by atoms with E-state index in [2.05, 4.69) is 10.3 Å². The molecule has 0 aliphatic heterocycles. The highest BCUT2D eigenvalue weighted by Gasteiger charge is 2.19. The van der Waals surface area contributed by atoms with Gasteiger partial charge in [0.25, 0.3) is 5.56 Å². The van der Waals surface area contributed by atoms with Gasteiger partial charge in [-0.05, 0) is 38.1 Å². The van der Waals surface area contributed by atoms with Gasteiger partial charge in [0, 0.05) is 18.8 Å². The number of hydrogen-bond donors (Lipinski definition) is 1. The van der Waals surface area contributed by atoms with Crippen molar-refractivity contribution in [1.29, 1.82) is 0 Å². The van der Waals surface area contributed by atoms with Crippen molar-refractivity contribution >= 4 is 34.3 Å². The molecular formula is C19H17F2N3O2S. The maximum atomic E-state index is 13.3. The van der Waals surface area contributed by atoms with Gasteiger partial charge in [-0.25, -0.2) is 13.8 Å². The van der Waals surface area contributed by atoms with Gasteiger partial charge in [-0.3, -0.25) is 14.2 Å². The second-order valence-electron chi connectivity index (χ2n) is 6.16. The normalized spacial score (nSPS) is 12.2. The highest BCUT2D eigenvalue weighted by Crippen LogP contribution is 2.23. The van der Waals surface area contributed by atoms with Crippen LogP contribution in [0.4, 0.5) is 14.5 Å². The lowest BCUT2D eigenvalue weighted by Crippen LogP contribution is -2.25. The van der Waals surface area contributed by atoms with Crippen molar-refractivity contribution in [2.24, 2.45) is 7.05 Å². The Hall–Kier alpha value is -2.74. The Morgan fingerprint density at radius 1 is 1.19 bits per heavy atom. The molecule has 1 atom stereocenters. The highest BCUT2D eigenvalue weighted by molar-refractivity contribution is 8.00. The van der Waals surface area contributed by atoms with Crippen LogP contribution in [0.15, 0.2) is 46.3 Å². The first-order valence-electron chi connectivity index (χ1n) is 8.16. The number of nitrogens with zero attached hydrogens (tertiary/aromatic N) is 2. The SMILES string of the molecule is Cc1ccc2nc(SC(C)C(=O)Nc3ccc(F)c(F)c3)n(C)c(=O)c2c1. The molecule has 0 aliphatic rings. The molecule has 3 aromatic rings. The summed E-state index contributed by atoms with van der Waals surface area (Å²) in [6, 6.07) is 8.54. The summed E-state index contributed by atoms with van der Waals surface area (Å²) in [6.07, 6.45) is 0. The number of fused-ring (bicyclic) bond motifs is 1. The smallest absolute Gasteiger partial charge is 0.261 e. The average Bonchev–Trinajstić information content (AvgIpc) is 2.63. The van der Waals surface area contributed by atoms with Crippen molar-refractivity contribution in [3.8, 4) is 0 Å². The Kier molecular flexibility index (Phi) is 5.27. The van der Waals surface area contributed by atoms with Crippen LogP contribution in [0.3, 0.4) is 0 Å². The molecule has 0 radical (unpaired) electrons. The van der Waals surface area contributed by atoms with Crippen LogP contribution in [0.2, 0.25) is 0 Å². The molecule has 1 heterocycles. The van der Waals surface area contributed by atoms with E-state index >= 15 is 0 Å². The molecule has 140 valence electrons. The van der Waals surface area contributed by atoms with Crippen LogP contribution < -0.4 is 10.9 Å². The van der Waals surface area contributed by atoms with E-state index in [1.54, 1.807) is 26.1 Å². The lowest BCUT2D eigenvalue weighted by atomic mass is 10.2. The largest absolute Gasteiger partial charge is 0.325 e. The summed E-state index contributed by atoms with van der Waals surface area (Å²) in [5.41, 5.74) is 1.47. The second-order valence-corrected chi connectivity index (χ2v) is 7.47. The van der Waals surface area contributed by atoms with Crippen LogP contribution in [0.25, 0.3) is 10.9 Å². The predicted octanol–water partition coefficient (Wildman–Crippen LogP) is 3.64. The van der Waals surface area contributed by atoms with Crippen molar-refractivity contribution in [3.05, 3.63) is 63.9 Å². The van der Waals surface area contributed by atoms with Crippen molar-refractivity contribution in [3.63, 3.8) is 0 Å². The maximum absolute atomic E-state index is 13.3. The second kappa shape index (κ2) is 7.48. The zero-order valence-electron chi connectivity index (χ0n) is 14.9. The van der Waals surface area contributed by atoms with Gasteiger partial charge in [-0.2, -0.15) is 0 Å². The van der Waals surface area contributed by atoms with Gasteiger partial charge in [-0.15, -0.1) is 0 Å². The van der Waals surface area contributed by atoms with Gasteiger partial charge in [-0.1, -0.05) is 23.4 Å². The summed E-state index contributed by atoms with van der Waals surface area (Å²) >= 11 is 1.11. The van der Waals surface area contributed by atoms with Gasteiger partial charge in [0.05, 0.1) is 16.2 Å². The van der Waals surface area contributed by atoms with Gasteiger partial charge < -0.3 is 5.32 Å². The number of carbonyl (C=O) groups excluding carboxylic acids is 1. The zero-order chi connectivity index (χ0) is 19.7. The van der Waals surface area contributed by atoms with Crippen molar-refractivity contribution in [2.45, 2.75) is 24.3 Å². The fraction of sp³-hybridized carbons (Fsp3) is 0.211. The number of aryl methyl sites for hydroxylation is 1. The molecule has 0 spiro atoms. The highest BCUT2D eigenvalue weighted by atomic mass is 32.2. The number of anilines is 1. The summed E-state index contributed by atoms with van der Waals surface area (Å²) < 4.78 is 27.7. The number of benzene rings is 2. The minimum Gasteiger partial charge on any atom is -0.325 e. The third kappa shape index (κ3) is 4.00. The van der Waals surface area contributed by atoms with E-state index in [4.69, 9.17) is 0 Å². The van der Waals surface area contributed by atoms with E-state index in [1.807, 2.05) is 13.0 Å². The summed E-state index contributed by atoms with van der Waals surface area (Å²) in [5.74, 6) is -2.44. The summed E-state index contributed by atoms with van der Waals surface area (Å²) in [4.78, 5) is 29.4. The topological polar surface area (TPSA) is 64.0 Å². The molecule has 0 bridgehead atoms. The van der Waals surface area contributed by atoms with Crippen LogP contribution in [0.1, 0.15) is 12.5 Å². The Morgan fingerprint density at radius 3 is 2.63 bits per heavy atom. The molecule has 1 amide bonds. The molecule has 0 aliphatic carbocycles. The van der Waals surface area contributed by atoms with Gasteiger partial charge >= 0.3 is 0 Å². The van der Waals surface area contributed by atoms with Gasteiger partial charge in [0.1, 0.15) is 0 Å². The fourth-order valence-corrected chi connectivity index (χ4v) is 3.37. The van der Waals surface area contributed by atoms with Crippen LogP contribution in [0.5, 0.6) is 0 Å². The van der Waals surface area contributed by atoms with Crippen molar-refractivity contribution in [2.75, 3.05) is 5.32 Å². The molecule has 8 heteroatoms. The molecule has 1 N–H and O–H groups in total. The number of thioether (sulfide) groups is 1. The summed E-state index contributed by atoms with van der Waals surface area (Å²) in [6.45, 7) is 3.54. The van der Waals surface area contributed by atoms with Crippen molar-refractivity contribution < 1.29 is 13.6 Å². The van der Waals surface area contributed by atoms with Gasteiger partial charge in [0.2, 0.25) is 5.91 Å². The third-order valence-electron chi connectivity index (χ3n) is 4.03. The molecule has 1 unspecified atom stereocenters. The molecule has 3 rings (SSSR count). The Balaban J connectivity index is 1.82. The number of aromatic nitrogens is 2. The Labute approximate surface area is 158 Å². The maximum Gasteiger partial charge on any atom is 0.261 e. The zero-order valence-corrected chi connectivity index (χ0v) is 15.7. The number of nitrogens with one attached hydrogen (secondary N) is 1. The quantitative estimate of drug-likeness (QED) is 0.547. The number of rotatable bonds is 4. The van der Waals surface area contributed by atoms with Crippen LogP contribution >= 0.6 is 11.8 Å². The monoisotopic (exact) mass is 389 g/mol. The van der Waals surface area contributed by atoms with Crippen LogP contribution in [0, 0.1) is 18.6 Å². The summed E-state index contributed by atoms with van der Waals surface area (Å²) in [7, 11) is 1.60. The van der Waals surface area contributed by atoms with Gasteiger partial charge in [0.15, 0.2) is 16.8 Å². The number of halogens is 2. The van der Waals surface area contributed by atoms with E-state index in [0.717, 1.165) is 29.5 Å². The summed E-state index contributed by atoms with van der Waals surface area (Å²) in [5, 5.41) is 2.82. The molecule has 0 saturated heterocycles. The van der Waals surface area contributed by atoms with Crippen LogP contribution in [-0.4, -0.2) is 20.7 Å². The molecule has 2 aromatic carbocycles. The van der Waals surface area contributed by atoms with Crippen LogP contribution in [-0.2, 0) is 11.8 Å². The number of amides is 1. The first kappa shape index (κ1) is 19.0. The standard InChI is InChI=1S/C19H17F2N3O2S/c1-10-4-7-16-13(8-10)18(26)24(3)19(23-16)27-11(2)17(25)22-12-5-6-14(20)15(21)9-12/h4-9,11H,1-3H3,(H,22,25). The Bertz CT molecular complexity index is 1100.